The summed E-state index contributed by atoms with van der Waals surface area (Å²) in [4.78, 5) is 32.7. The van der Waals surface area contributed by atoms with Gasteiger partial charge in [0.05, 0.1) is 29.1 Å². The van der Waals surface area contributed by atoms with Crippen LogP contribution in [0.1, 0.15) is 52.0 Å². The highest BCUT2D eigenvalue weighted by molar-refractivity contribution is 5.90. The van der Waals surface area contributed by atoms with Crippen LogP contribution in [0.5, 0.6) is 17.4 Å². The van der Waals surface area contributed by atoms with E-state index in [4.69, 9.17) is 14.2 Å². The van der Waals surface area contributed by atoms with E-state index in [0.29, 0.717) is 17.2 Å². The summed E-state index contributed by atoms with van der Waals surface area (Å²) in [6, 6.07) is 13.9. The second-order valence-electron chi connectivity index (χ2n) is 13.0. The fourth-order valence-corrected chi connectivity index (χ4v) is 6.40. The van der Waals surface area contributed by atoms with Crippen LogP contribution in [0.15, 0.2) is 61.3 Å². The molecule has 11 heteroatoms. The Labute approximate surface area is 261 Å². The van der Waals surface area contributed by atoms with Crippen LogP contribution >= 0.6 is 0 Å². The first kappa shape index (κ1) is 28.8. The third kappa shape index (κ3) is 5.94. The van der Waals surface area contributed by atoms with Gasteiger partial charge in [0, 0.05) is 55.2 Å². The molecule has 2 saturated heterocycles. The summed E-state index contributed by atoms with van der Waals surface area (Å²) in [6.45, 7) is 7.71. The standard InChI is InChI=1S/C34H37N7O4/c1-20-12-21(6-11-30(20)43-24-9-10-29-27(15-24)38-19-40(29)5)39-32-26-16-31(35-17-28(26)36-18-37-32)44-25-13-22-7-8-23(14-25)41(22)33(42)45-34(2,3)4/h6,9-12,15-19,22-23,25H,7-8,13-14H2,1-5H3,(H,36,37,39). The number of aromatic nitrogens is 5. The van der Waals surface area contributed by atoms with Gasteiger partial charge in [-0.05, 0) is 76.4 Å². The minimum Gasteiger partial charge on any atom is -0.474 e. The lowest BCUT2D eigenvalue weighted by Crippen LogP contribution is -2.50. The molecule has 2 bridgehead atoms. The Morgan fingerprint density at radius 2 is 1.76 bits per heavy atom. The zero-order valence-electron chi connectivity index (χ0n) is 26.2. The van der Waals surface area contributed by atoms with Gasteiger partial charge in [-0.15, -0.1) is 0 Å². The number of hydrogen-bond donors (Lipinski definition) is 1. The first-order chi connectivity index (χ1) is 21.6. The van der Waals surface area contributed by atoms with Crippen molar-refractivity contribution in [3.05, 3.63) is 66.9 Å². The molecule has 0 radical (unpaired) electrons. The number of hydrogen-bond acceptors (Lipinski definition) is 9. The maximum absolute atomic E-state index is 12.9. The molecule has 3 aromatic heterocycles. The Hall–Kier alpha value is -4.93. The molecular weight excluding hydrogens is 570 g/mol. The van der Waals surface area contributed by atoms with Crippen molar-refractivity contribution in [2.75, 3.05) is 5.32 Å². The zero-order valence-corrected chi connectivity index (χ0v) is 26.2. The highest BCUT2D eigenvalue weighted by Crippen LogP contribution is 2.39. The van der Waals surface area contributed by atoms with E-state index in [0.717, 1.165) is 64.9 Å². The van der Waals surface area contributed by atoms with Gasteiger partial charge in [0.15, 0.2) is 0 Å². The van der Waals surface area contributed by atoms with Crippen molar-refractivity contribution in [3.63, 3.8) is 0 Å². The number of fused-ring (bicyclic) bond motifs is 4. The first-order valence-corrected chi connectivity index (χ1v) is 15.3. The van der Waals surface area contributed by atoms with Crippen LogP contribution in [0.2, 0.25) is 0 Å². The summed E-state index contributed by atoms with van der Waals surface area (Å²) in [7, 11) is 1.97. The number of amides is 1. The second kappa shape index (κ2) is 11.2. The van der Waals surface area contributed by atoms with Gasteiger partial charge in [0.2, 0.25) is 5.88 Å². The van der Waals surface area contributed by atoms with Crippen LogP contribution < -0.4 is 14.8 Å². The Kier molecular flexibility index (Phi) is 7.18. The molecule has 0 aliphatic carbocycles. The number of imidazole rings is 1. The summed E-state index contributed by atoms with van der Waals surface area (Å²) >= 11 is 0. The number of ether oxygens (including phenoxy) is 3. The highest BCUT2D eigenvalue weighted by Gasteiger charge is 2.45. The van der Waals surface area contributed by atoms with Crippen molar-refractivity contribution in [1.29, 1.82) is 0 Å². The monoisotopic (exact) mass is 607 g/mol. The number of benzene rings is 2. The molecule has 45 heavy (non-hydrogen) atoms. The predicted molar refractivity (Wildman–Crippen MR) is 171 cm³/mol. The van der Waals surface area contributed by atoms with Gasteiger partial charge < -0.3 is 29.0 Å². The van der Waals surface area contributed by atoms with Gasteiger partial charge >= 0.3 is 6.09 Å². The third-order valence-corrected chi connectivity index (χ3v) is 8.44. The number of nitrogens with zero attached hydrogens (tertiary/aromatic N) is 6. The second-order valence-corrected chi connectivity index (χ2v) is 13.0. The molecule has 5 aromatic rings. The van der Waals surface area contributed by atoms with Crippen molar-refractivity contribution in [2.24, 2.45) is 7.05 Å². The highest BCUT2D eigenvalue weighted by atomic mass is 16.6. The molecule has 0 saturated carbocycles. The van der Waals surface area contributed by atoms with Crippen LogP contribution in [0.4, 0.5) is 16.3 Å². The topological polar surface area (TPSA) is 117 Å². The number of piperidine rings is 1. The molecule has 1 amide bonds. The van der Waals surface area contributed by atoms with Gasteiger partial charge in [-0.1, -0.05) is 0 Å². The van der Waals surface area contributed by atoms with Crippen molar-refractivity contribution >= 4 is 39.5 Å². The van der Waals surface area contributed by atoms with Gasteiger partial charge in [0.1, 0.15) is 35.3 Å². The number of carbonyl (C=O) groups excluding carboxylic acids is 1. The fourth-order valence-electron chi connectivity index (χ4n) is 6.40. The summed E-state index contributed by atoms with van der Waals surface area (Å²) in [6.07, 6.45) is 8.16. The van der Waals surface area contributed by atoms with E-state index in [1.165, 1.54) is 6.33 Å². The average Bonchev–Trinajstić information content (AvgIpc) is 3.49. The zero-order chi connectivity index (χ0) is 31.3. The molecule has 2 fully saturated rings. The lowest BCUT2D eigenvalue weighted by atomic mass is 10.0. The van der Waals surface area contributed by atoms with Crippen LogP contribution in [0.25, 0.3) is 21.9 Å². The van der Waals surface area contributed by atoms with E-state index >= 15 is 0 Å². The van der Waals surface area contributed by atoms with Crippen molar-refractivity contribution < 1.29 is 19.0 Å². The molecule has 2 aromatic carbocycles. The number of nitrogens with one attached hydrogen (secondary N) is 1. The van der Waals surface area contributed by atoms with Crippen LogP contribution in [-0.4, -0.2) is 59.3 Å². The Bertz CT molecular complexity index is 1890. The molecule has 0 spiro atoms. The average molecular weight is 608 g/mol. The molecule has 2 aliphatic heterocycles. The number of pyridine rings is 1. The quantitative estimate of drug-likeness (QED) is 0.216. The van der Waals surface area contributed by atoms with E-state index in [9.17, 15) is 4.79 Å². The minimum atomic E-state index is -0.517. The number of rotatable bonds is 6. The smallest absolute Gasteiger partial charge is 0.410 e. The Morgan fingerprint density at radius 1 is 0.956 bits per heavy atom. The number of anilines is 2. The van der Waals surface area contributed by atoms with E-state index in [-0.39, 0.29) is 24.3 Å². The fraction of sp³-hybridized carbons (Fsp3) is 0.382. The van der Waals surface area contributed by atoms with E-state index in [1.54, 1.807) is 12.5 Å². The van der Waals surface area contributed by atoms with Crippen molar-refractivity contribution in [2.45, 2.75) is 77.2 Å². The van der Waals surface area contributed by atoms with Crippen LogP contribution in [0, 0.1) is 6.92 Å². The van der Waals surface area contributed by atoms with Gasteiger partial charge in [-0.3, -0.25) is 0 Å². The van der Waals surface area contributed by atoms with E-state index < -0.39 is 5.60 Å². The van der Waals surface area contributed by atoms with E-state index in [2.05, 4.69) is 25.3 Å². The molecule has 2 atom stereocenters. The molecule has 11 nitrogen and oxygen atoms in total. The molecule has 1 N–H and O–H groups in total. The molecule has 2 aliphatic rings. The first-order valence-electron chi connectivity index (χ1n) is 15.3. The summed E-state index contributed by atoms with van der Waals surface area (Å²) in [5.41, 5.74) is 3.97. The van der Waals surface area contributed by atoms with Crippen LogP contribution in [0.3, 0.4) is 0 Å². The summed E-state index contributed by atoms with van der Waals surface area (Å²) in [5, 5.41) is 4.24. The number of aryl methyl sites for hydroxylation is 2. The Morgan fingerprint density at radius 3 is 2.51 bits per heavy atom. The van der Waals surface area contributed by atoms with Gasteiger partial charge in [-0.25, -0.2) is 24.7 Å². The molecule has 2 unspecified atom stereocenters. The molecule has 232 valence electrons. The maximum Gasteiger partial charge on any atom is 0.410 e. The number of carbonyl (C=O) groups is 1. The summed E-state index contributed by atoms with van der Waals surface area (Å²) < 4.78 is 20.3. The predicted octanol–water partition coefficient (Wildman–Crippen LogP) is 7.07. The Balaban J connectivity index is 1.05. The largest absolute Gasteiger partial charge is 0.474 e. The van der Waals surface area contributed by atoms with E-state index in [1.807, 2.05) is 86.7 Å². The third-order valence-electron chi connectivity index (χ3n) is 8.44. The van der Waals surface area contributed by atoms with Crippen LogP contribution in [-0.2, 0) is 11.8 Å². The van der Waals surface area contributed by atoms with Gasteiger partial charge in [-0.2, -0.15) is 0 Å². The minimum absolute atomic E-state index is 0.0410. The maximum atomic E-state index is 12.9. The SMILES string of the molecule is Cc1cc(Nc2ncnc3cnc(OC4CC5CCC(C4)N5C(=O)OC(C)(C)C)cc23)ccc1Oc1ccc2c(c1)ncn2C. The lowest BCUT2D eigenvalue weighted by Gasteiger charge is -2.39. The summed E-state index contributed by atoms with van der Waals surface area (Å²) in [5.74, 6) is 2.66. The molecule has 7 rings (SSSR count). The lowest BCUT2D eigenvalue weighted by molar-refractivity contribution is -0.00757. The van der Waals surface area contributed by atoms with Crippen molar-refractivity contribution in [3.8, 4) is 17.4 Å². The van der Waals surface area contributed by atoms with Gasteiger partial charge in [0.25, 0.3) is 0 Å². The normalized spacial score (nSPS) is 19.6. The van der Waals surface area contributed by atoms with Crippen molar-refractivity contribution in [1.82, 2.24) is 29.4 Å². The molecule has 5 heterocycles. The molecular formula is C34H37N7O4.